The van der Waals surface area contributed by atoms with Crippen molar-refractivity contribution in [2.75, 3.05) is 26.2 Å². The van der Waals surface area contributed by atoms with E-state index in [0.717, 1.165) is 43.7 Å². The average molecular weight is 377 g/mol. The lowest BCUT2D eigenvalue weighted by atomic mass is 9.48. The largest absolute Gasteiger partial charge is 0.466 e. The molecule has 5 heteroatoms. The summed E-state index contributed by atoms with van der Waals surface area (Å²) in [5, 5.41) is 3.37. The van der Waals surface area contributed by atoms with Gasteiger partial charge in [0.05, 0.1) is 19.1 Å². The zero-order chi connectivity index (χ0) is 19.0. The molecule has 1 atom stereocenters. The lowest BCUT2D eigenvalue weighted by Gasteiger charge is -2.59. The summed E-state index contributed by atoms with van der Waals surface area (Å²) in [6, 6.07) is 0.287. The number of hydrogen-bond donors (Lipinski definition) is 1. The number of nitrogens with one attached hydrogen (secondary N) is 1. The van der Waals surface area contributed by atoms with Gasteiger partial charge < -0.3 is 10.1 Å². The molecule has 0 radical (unpaired) electrons. The van der Waals surface area contributed by atoms with E-state index in [2.05, 4.69) is 17.1 Å². The number of nitrogens with zero attached hydrogens (tertiary/aromatic N) is 1. The molecule has 1 saturated heterocycles. The first-order valence-corrected chi connectivity index (χ1v) is 11.2. The molecule has 0 aromatic carbocycles. The zero-order valence-corrected chi connectivity index (χ0v) is 17.0. The van der Waals surface area contributed by atoms with Gasteiger partial charge in [-0.1, -0.05) is 0 Å². The van der Waals surface area contributed by atoms with E-state index in [-0.39, 0.29) is 23.8 Å². The van der Waals surface area contributed by atoms with Gasteiger partial charge in [0.25, 0.3) is 0 Å². The molecule has 0 spiro atoms. The van der Waals surface area contributed by atoms with Crippen LogP contribution in [0, 0.1) is 29.1 Å². The summed E-state index contributed by atoms with van der Waals surface area (Å²) in [4.78, 5) is 26.7. The van der Waals surface area contributed by atoms with Crippen molar-refractivity contribution in [2.24, 2.45) is 29.1 Å². The van der Waals surface area contributed by atoms with Gasteiger partial charge in [0.1, 0.15) is 0 Å². The summed E-state index contributed by atoms with van der Waals surface area (Å²) >= 11 is 0. The molecule has 0 unspecified atom stereocenters. The minimum atomic E-state index is -0.0722. The smallest absolute Gasteiger partial charge is 0.309 e. The lowest BCUT2D eigenvalue weighted by Crippen LogP contribution is -2.57. The van der Waals surface area contributed by atoms with Crippen molar-refractivity contribution in [1.29, 1.82) is 0 Å². The Bertz CT molecular complexity index is 533. The second kappa shape index (κ2) is 7.73. The first-order chi connectivity index (χ1) is 13.0. The number of carbonyl (C=O) groups is 2. The Morgan fingerprint density at radius 3 is 2.15 bits per heavy atom. The monoisotopic (exact) mass is 376 g/mol. The maximum atomic E-state index is 12.7. The molecule has 5 fully saturated rings. The average Bonchev–Trinajstić information content (AvgIpc) is 2.61. The van der Waals surface area contributed by atoms with E-state index < -0.39 is 0 Å². The second-order valence-electron chi connectivity index (χ2n) is 9.87. The number of esters is 1. The van der Waals surface area contributed by atoms with E-state index in [1.807, 2.05) is 6.92 Å². The number of hydrogen-bond acceptors (Lipinski definition) is 4. The van der Waals surface area contributed by atoms with Crippen molar-refractivity contribution in [2.45, 2.75) is 71.3 Å². The minimum absolute atomic E-state index is 0.00945. The molecule has 1 aliphatic heterocycles. The number of rotatable bonds is 6. The van der Waals surface area contributed by atoms with Crippen molar-refractivity contribution < 1.29 is 14.3 Å². The third kappa shape index (κ3) is 4.03. The number of piperidine rings is 1. The van der Waals surface area contributed by atoms with E-state index in [4.69, 9.17) is 4.74 Å². The quantitative estimate of drug-likeness (QED) is 0.724. The second-order valence-corrected chi connectivity index (χ2v) is 9.87. The summed E-state index contributed by atoms with van der Waals surface area (Å²) in [6.07, 6.45) is 9.90. The molecule has 4 saturated carbocycles. The van der Waals surface area contributed by atoms with Gasteiger partial charge in [-0.15, -0.1) is 0 Å². The molecule has 5 aliphatic rings. The number of ether oxygens (including phenoxy) is 1. The predicted molar refractivity (Wildman–Crippen MR) is 104 cm³/mol. The van der Waals surface area contributed by atoms with Gasteiger partial charge in [0.15, 0.2) is 0 Å². The highest BCUT2D eigenvalue weighted by Gasteiger charge is 2.53. The maximum Gasteiger partial charge on any atom is 0.309 e. The van der Waals surface area contributed by atoms with Gasteiger partial charge >= 0.3 is 5.97 Å². The molecule has 5 rings (SSSR count). The number of amides is 1. The van der Waals surface area contributed by atoms with Crippen LogP contribution < -0.4 is 5.32 Å². The molecule has 27 heavy (non-hydrogen) atoms. The summed E-state index contributed by atoms with van der Waals surface area (Å²) in [7, 11) is 0. The zero-order valence-electron chi connectivity index (χ0n) is 17.0. The fourth-order valence-corrected chi connectivity index (χ4v) is 6.94. The minimum Gasteiger partial charge on any atom is -0.466 e. The van der Waals surface area contributed by atoms with Crippen LogP contribution in [0.5, 0.6) is 0 Å². The van der Waals surface area contributed by atoms with Crippen LogP contribution in [-0.2, 0) is 14.3 Å². The molecule has 4 aliphatic carbocycles. The highest BCUT2D eigenvalue weighted by atomic mass is 16.5. The number of carbonyl (C=O) groups excluding carboxylic acids is 2. The molecule has 152 valence electrons. The summed E-state index contributed by atoms with van der Waals surface area (Å²) in [5.74, 6) is 2.84. The summed E-state index contributed by atoms with van der Waals surface area (Å²) < 4.78 is 5.13. The van der Waals surface area contributed by atoms with Crippen LogP contribution in [0.25, 0.3) is 0 Å². The van der Waals surface area contributed by atoms with Crippen LogP contribution in [0.1, 0.15) is 65.2 Å². The Hall–Kier alpha value is -1.10. The lowest BCUT2D eigenvalue weighted by molar-refractivity contribution is -0.149. The van der Waals surface area contributed by atoms with E-state index in [1.54, 1.807) is 0 Å². The van der Waals surface area contributed by atoms with Gasteiger partial charge in [-0.25, -0.2) is 0 Å². The Morgan fingerprint density at radius 1 is 1.07 bits per heavy atom. The van der Waals surface area contributed by atoms with Crippen LogP contribution in [0.4, 0.5) is 0 Å². The molecule has 5 nitrogen and oxygen atoms in total. The van der Waals surface area contributed by atoms with Crippen LogP contribution in [0.15, 0.2) is 0 Å². The van der Waals surface area contributed by atoms with Gasteiger partial charge in [0, 0.05) is 6.04 Å². The molecule has 1 amide bonds. The van der Waals surface area contributed by atoms with Gasteiger partial charge in [-0.2, -0.15) is 0 Å². The number of likely N-dealkylation sites (tertiary alicyclic amines) is 1. The van der Waals surface area contributed by atoms with Crippen LogP contribution in [-0.4, -0.2) is 49.1 Å². The summed E-state index contributed by atoms with van der Waals surface area (Å²) in [5.41, 5.74) is 0.362. The maximum absolute atomic E-state index is 12.7. The van der Waals surface area contributed by atoms with Crippen LogP contribution >= 0.6 is 0 Å². The van der Waals surface area contributed by atoms with E-state index in [9.17, 15) is 9.59 Å². The Kier molecular flexibility index (Phi) is 5.50. The molecule has 0 aromatic heterocycles. The first kappa shape index (κ1) is 19.2. The Balaban J connectivity index is 1.25. The third-order valence-corrected chi connectivity index (χ3v) is 7.96. The Morgan fingerprint density at radius 2 is 1.63 bits per heavy atom. The van der Waals surface area contributed by atoms with Crippen molar-refractivity contribution >= 4 is 11.9 Å². The van der Waals surface area contributed by atoms with Crippen molar-refractivity contribution in [3.63, 3.8) is 0 Å². The topological polar surface area (TPSA) is 58.6 Å². The van der Waals surface area contributed by atoms with E-state index >= 15 is 0 Å². The summed E-state index contributed by atoms with van der Waals surface area (Å²) in [6.45, 7) is 6.63. The molecule has 1 heterocycles. The van der Waals surface area contributed by atoms with Crippen molar-refractivity contribution in [3.8, 4) is 0 Å². The van der Waals surface area contributed by atoms with Crippen LogP contribution in [0.3, 0.4) is 0 Å². The highest BCUT2D eigenvalue weighted by Crippen LogP contribution is 2.61. The van der Waals surface area contributed by atoms with Gasteiger partial charge in [-0.05, 0) is 101 Å². The Labute approximate surface area is 163 Å². The van der Waals surface area contributed by atoms with Gasteiger partial charge in [-0.3, -0.25) is 14.5 Å². The molecule has 1 N–H and O–H groups in total. The van der Waals surface area contributed by atoms with Crippen molar-refractivity contribution in [3.05, 3.63) is 0 Å². The highest BCUT2D eigenvalue weighted by molar-refractivity contribution is 5.78. The van der Waals surface area contributed by atoms with Crippen LogP contribution in [0.2, 0.25) is 0 Å². The first-order valence-electron chi connectivity index (χ1n) is 11.2. The molecular weight excluding hydrogens is 340 g/mol. The fourth-order valence-electron chi connectivity index (χ4n) is 6.94. The molecular formula is C22H36N2O3. The molecule has 0 aromatic rings. The van der Waals surface area contributed by atoms with E-state index in [1.165, 1.54) is 38.5 Å². The van der Waals surface area contributed by atoms with Gasteiger partial charge in [0.2, 0.25) is 5.91 Å². The standard InChI is InChI=1S/C22H36N2O3/c1-3-27-21(26)19-4-6-24(7-5-19)14-20(25)23-15(2)22-11-16-8-17(12-22)10-18(9-16)13-22/h15-19H,3-14H2,1-2H3,(H,23,25)/t15-,16?,17?,18?,22?/m0/s1. The predicted octanol–water partition coefficient (Wildman–Crippen LogP) is 2.98. The molecule has 4 bridgehead atoms. The fraction of sp³-hybridized carbons (Fsp3) is 0.909. The SMILES string of the molecule is CCOC(=O)C1CCN(CC(=O)N[C@@H](C)C23CC4CC(CC(C4)C2)C3)CC1. The van der Waals surface area contributed by atoms with E-state index in [0.29, 0.717) is 18.6 Å². The van der Waals surface area contributed by atoms with Crippen molar-refractivity contribution in [1.82, 2.24) is 10.2 Å². The normalized spacial score (nSPS) is 37.2. The third-order valence-electron chi connectivity index (χ3n) is 7.96.